The number of hydrogen-bond donors (Lipinski definition) is 1. The Kier molecular flexibility index (Phi) is 5.44. The molecule has 2 rings (SSSR count). The second kappa shape index (κ2) is 7.56. The van der Waals surface area contributed by atoms with Crippen LogP contribution in [0.1, 0.15) is 11.1 Å². The Hall–Kier alpha value is -2.00. The molecular weight excluding hydrogens is 252 g/mol. The van der Waals surface area contributed by atoms with Gasteiger partial charge in [0.15, 0.2) is 0 Å². The molecule has 1 N–H and O–H groups in total. The quantitative estimate of drug-likeness (QED) is 0.842. The predicted octanol–water partition coefficient (Wildman–Crippen LogP) is 2.99. The van der Waals surface area contributed by atoms with Crippen molar-refractivity contribution in [1.29, 1.82) is 0 Å². The highest BCUT2D eigenvalue weighted by molar-refractivity contribution is 5.29. The highest BCUT2D eigenvalue weighted by Gasteiger charge is 1.99. The summed E-state index contributed by atoms with van der Waals surface area (Å²) in [5.41, 5.74) is 2.36. The molecule has 0 aliphatic rings. The van der Waals surface area contributed by atoms with Crippen LogP contribution in [0.5, 0.6) is 11.5 Å². The molecule has 0 radical (unpaired) electrons. The zero-order valence-electron chi connectivity index (χ0n) is 11.7. The van der Waals surface area contributed by atoms with Gasteiger partial charge < -0.3 is 14.6 Å². The van der Waals surface area contributed by atoms with E-state index in [1.807, 2.05) is 42.5 Å². The summed E-state index contributed by atoms with van der Waals surface area (Å²) < 4.78 is 11.1. The number of rotatable bonds is 7. The number of benzene rings is 2. The Labute approximate surface area is 119 Å². The van der Waals surface area contributed by atoms with E-state index in [1.54, 1.807) is 0 Å². The molecule has 0 unspecified atom stereocenters. The summed E-state index contributed by atoms with van der Waals surface area (Å²) in [5, 5.41) is 8.74. The fourth-order valence-corrected chi connectivity index (χ4v) is 1.95. The smallest absolute Gasteiger partial charge is 0.119 e. The van der Waals surface area contributed by atoms with Crippen LogP contribution >= 0.6 is 0 Å². The van der Waals surface area contributed by atoms with Gasteiger partial charge in [0.2, 0.25) is 0 Å². The van der Waals surface area contributed by atoms with E-state index in [4.69, 9.17) is 14.6 Å². The zero-order valence-corrected chi connectivity index (χ0v) is 11.7. The molecule has 0 saturated heterocycles. The van der Waals surface area contributed by atoms with Crippen molar-refractivity contribution < 1.29 is 14.6 Å². The fourth-order valence-electron chi connectivity index (χ4n) is 1.95. The minimum atomic E-state index is 0.0285. The van der Waals surface area contributed by atoms with Gasteiger partial charge >= 0.3 is 0 Å². The van der Waals surface area contributed by atoms with E-state index in [-0.39, 0.29) is 6.61 Å². The summed E-state index contributed by atoms with van der Waals surface area (Å²) in [5.74, 6) is 1.68. The SMILES string of the molecule is Cc1cccc(OCCc2cccc(OCCO)c2)c1. The van der Waals surface area contributed by atoms with Crippen molar-refractivity contribution in [3.05, 3.63) is 59.7 Å². The molecule has 0 amide bonds. The number of aliphatic hydroxyl groups excluding tert-OH is 1. The molecule has 0 bridgehead atoms. The second-order valence-electron chi connectivity index (χ2n) is 4.63. The minimum absolute atomic E-state index is 0.0285. The Balaban J connectivity index is 1.84. The molecule has 3 nitrogen and oxygen atoms in total. The molecule has 0 heterocycles. The molecule has 0 aromatic heterocycles. The van der Waals surface area contributed by atoms with Crippen LogP contribution in [0.4, 0.5) is 0 Å². The first kappa shape index (κ1) is 14.4. The first-order valence-corrected chi connectivity index (χ1v) is 6.80. The van der Waals surface area contributed by atoms with Gasteiger partial charge in [-0.2, -0.15) is 0 Å². The van der Waals surface area contributed by atoms with E-state index in [0.29, 0.717) is 13.2 Å². The Morgan fingerprint density at radius 1 is 0.900 bits per heavy atom. The normalized spacial score (nSPS) is 10.3. The lowest BCUT2D eigenvalue weighted by Crippen LogP contribution is -2.04. The average molecular weight is 272 g/mol. The van der Waals surface area contributed by atoms with Gasteiger partial charge in [-0.05, 0) is 42.3 Å². The van der Waals surface area contributed by atoms with Crippen LogP contribution in [-0.2, 0) is 6.42 Å². The van der Waals surface area contributed by atoms with Gasteiger partial charge in [-0.25, -0.2) is 0 Å². The first-order chi connectivity index (χ1) is 9.78. The summed E-state index contributed by atoms with van der Waals surface area (Å²) >= 11 is 0. The van der Waals surface area contributed by atoms with Crippen molar-refractivity contribution in [3.8, 4) is 11.5 Å². The van der Waals surface area contributed by atoms with E-state index < -0.39 is 0 Å². The van der Waals surface area contributed by atoms with Crippen molar-refractivity contribution in [1.82, 2.24) is 0 Å². The minimum Gasteiger partial charge on any atom is -0.493 e. The van der Waals surface area contributed by atoms with Gasteiger partial charge in [0.05, 0.1) is 13.2 Å². The maximum absolute atomic E-state index is 8.74. The number of aliphatic hydroxyl groups is 1. The molecule has 0 atom stereocenters. The van der Waals surface area contributed by atoms with E-state index >= 15 is 0 Å². The van der Waals surface area contributed by atoms with Crippen LogP contribution in [0, 0.1) is 6.92 Å². The molecule has 0 fully saturated rings. The van der Waals surface area contributed by atoms with E-state index in [1.165, 1.54) is 5.56 Å². The van der Waals surface area contributed by atoms with Crippen molar-refractivity contribution >= 4 is 0 Å². The Morgan fingerprint density at radius 3 is 2.35 bits per heavy atom. The number of ether oxygens (including phenoxy) is 2. The summed E-state index contributed by atoms with van der Waals surface area (Å²) in [6, 6.07) is 15.9. The zero-order chi connectivity index (χ0) is 14.2. The largest absolute Gasteiger partial charge is 0.493 e. The van der Waals surface area contributed by atoms with Gasteiger partial charge in [-0.3, -0.25) is 0 Å². The van der Waals surface area contributed by atoms with Crippen molar-refractivity contribution in [2.75, 3.05) is 19.8 Å². The molecule has 0 saturated carbocycles. The molecule has 0 aliphatic heterocycles. The molecule has 3 heteroatoms. The topological polar surface area (TPSA) is 38.7 Å². The molecule has 2 aromatic carbocycles. The Morgan fingerprint density at radius 2 is 1.60 bits per heavy atom. The van der Waals surface area contributed by atoms with E-state index in [9.17, 15) is 0 Å². The van der Waals surface area contributed by atoms with Gasteiger partial charge in [-0.1, -0.05) is 24.3 Å². The van der Waals surface area contributed by atoms with Crippen LogP contribution < -0.4 is 9.47 Å². The average Bonchev–Trinajstić information content (AvgIpc) is 2.46. The van der Waals surface area contributed by atoms with Crippen LogP contribution in [-0.4, -0.2) is 24.9 Å². The third-order valence-corrected chi connectivity index (χ3v) is 2.91. The molecule has 106 valence electrons. The van der Waals surface area contributed by atoms with Gasteiger partial charge in [-0.15, -0.1) is 0 Å². The predicted molar refractivity (Wildman–Crippen MR) is 79.4 cm³/mol. The lowest BCUT2D eigenvalue weighted by atomic mass is 10.1. The summed E-state index contributed by atoms with van der Waals surface area (Å²) in [6.45, 7) is 3.03. The van der Waals surface area contributed by atoms with Crippen LogP contribution in [0.25, 0.3) is 0 Å². The lowest BCUT2D eigenvalue weighted by molar-refractivity contribution is 0.201. The van der Waals surface area contributed by atoms with Crippen LogP contribution in [0.2, 0.25) is 0 Å². The van der Waals surface area contributed by atoms with Crippen molar-refractivity contribution in [2.24, 2.45) is 0 Å². The molecular formula is C17H20O3. The summed E-state index contributed by atoms with van der Waals surface area (Å²) in [4.78, 5) is 0. The number of aryl methyl sites for hydroxylation is 1. The fraction of sp³-hybridized carbons (Fsp3) is 0.294. The van der Waals surface area contributed by atoms with Crippen molar-refractivity contribution in [3.63, 3.8) is 0 Å². The Bertz CT molecular complexity index is 537. The van der Waals surface area contributed by atoms with Gasteiger partial charge in [0.1, 0.15) is 18.1 Å². The number of hydrogen-bond acceptors (Lipinski definition) is 3. The highest BCUT2D eigenvalue weighted by atomic mass is 16.5. The van der Waals surface area contributed by atoms with Gasteiger partial charge in [0, 0.05) is 6.42 Å². The molecule has 0 aliphatic carbocycles. The van der Waals surface area contributed by atoms with Crippen LogP contribution in [0.3, 0.4) is 0 Å². The summed E-state index contributed by atoms with van der Waals surface area (Å²) in [7, 11) is 0. The first-order valence-electron chi connectivity index (χ1n) is 6.80. The highest BCUT2D eigenvalue weighted by Crippen LogP contribution is 2.15. The standard InChI is InChI=1S/C17H20O3/c1-14-4-2-6-16(12-14)19-10-8-15-5-3-7-17(13-15)20-11-9-18/h2-7,12-13,18H,8-11H2,1H3. The van der Waals surface area contributed by atoms with Crippen LogP contribution in [0.15, 0.2) is 48.5 Å². The third kappa shape index (κ3) is 4.59. The lowest BCUT2D eigenvalue weighted by Gasteiger charge is -2.09. The van der Waals surface area contributed by atoms with E-state index in [2.05, 4.69) is 13.0 Å². The maximum atomic E-state index is 8.74. The van der Waals surface area contributed by atoms with E-state index in [0.717, 1.165) is 23.5 Å². The molecule has 20 heavy (non-hydrogen) atoms. The maximum Gasteiger partial charge on any atom is 0.119 e. The van der Waals surface area contributed by atoms with Gasteiger partial charge in [0.25, 0.3) is 0 Å². The molecule has 2 aromatic rings. The monoisotopic (exact) mass is 272 g/mol. The second-order valence-corrected chi connectivity index (χ2v) is 4.63. The summed E-state index contributed by atoms with van der Waals surface area (Å²) in [6.07, 6.45) is 0.824. The molecule has 0 spiro atoms. The van der Waals surface area contributed by atoms with Crippen molar-refractivity contribution in [2.45, 2.75) is 13.3 Å². The third-order valence-electron chi connectivity index (χ3n) is 2.91.